The van der Waals surface area contributed by atoms with Crippen molar-refractivity contribution in [2.45, 2.75) is 56.0 Å². The van der Waals surface area contributed by atoms with Crippen LogP contribution in [0.15, 0.2) is 53.4 Å². The van der Waals surface area contributed by atoms with Gasteiger partial charge in [-0.1, -0.05) is 49.6 Å². The highest BCUT2D eigenvalue weighted by atomic mass is 32.2. The van der Waals surface area contributed by atoms with Crippen LogP contribution in [0.25, 0.3) is 5.69 Å². The Morgan fingerprint density at radius 1 is 1.10 bits per heavy atom. The van der Waals surface area contributed by atoms with E-state index >= 15 is 0 Å². The molecule has 1 saturated carbocycles. The fourth-order valence-corrected chi connectivity index (χ4v) is 4.46. The topological polar surface area (TPSA) is 103 Å². The summed E-state index contributed by atoms with van der Waals surface area (Å²) >= 11 is 0. The molecule has 0 amide bonds. The minimum Gasteiger partial charge on any atom is -0.307 e. The van der Waals surface area contributed by atoms with E-state index in [9.17, 15) is 12.8 Å². The van der Waals surface area contributed by atoms with Crippen LogP contribution in [-0.2, 0) is 23.0 Å². The van der Waals surface area contributed by atoms with Gasteiger partial charge in [-0.15, -0.1) is 5.10 Å². The summed E-state index contributed by atoms with van der Waals surface area (Å²) in [5, 5.41) is 13.2. The van der Waals surface area contributed by atoms with Crippen molar-refractivity contribution >= 4 is 10.0 Å². The molecule has 1 aromatic heterocycles. The molecule has 3 N–H and O–H groups in total. The van der Waals surface area contributed by atoms with Crippen LogP contribution in [0, 0.1) is 5.82 Å². The largest absolute Gasteiger partial charge is 0.307 e. The molecule has 1 aliphatic rings. The highest BCUT2D eigenvalue weighted by Crippen LogP contribution is 2.21. The number of aromatic nitrogens is 3. The van der Waals surface area contributed by atoms with Gasteiger partial charge >= 0.3 is 0 Å². The lowest BCUT2D eigenvalue weighted by atomic mass is 9.95. The zero-order chi connectivity index (χ0) is 21.8. The molecule has 0 radical (unpaired) electrons. The van der Waals surface area contributed by atoms with Gasteiger partial charge in [-0.25, -0.2) is 27.6 Å². The molecule has 0 spiro atoms. The summed E-state index contributed by atoms with van der Waals surface area (Å²) in [5.74, 6) is 0.429. The molecule has 0 unspecified atom stereocenters. The number of hydrogen-bond acceptors (Lipinski definition) is 5. The molecule has 7 nitrogen and oxygen atoms in total. The van der Waals surface area contributed by atoms with Crippen molar-refractivity contribution < 1.29 is 12.8 Å². The van der Waals surface area contributed by atoms with Crippen molar-refractivity contribution in [2.75, 3.05) is 0 Å². The first-order chi connectivity index (χ1) is 14.9. The molecule has 0 aliphatic heterocycles. The summed E-state index contributed by atoms with van der Waals surface area (Å²) in [4.78, 5) is 4.38. The smallest absolute Gasteiger partial charge is 0.238 e. The van der Waals surface area contributed by atoms with E-state index in [1.165, 1.54) is 36.1 Å². The summed E-state index contributed by atoms with van der Waals surface area (Å²) in [7, 11) is -3.99. The quantitative estimate of drug-likeness (QED) is 0.584. The summed E-state index contributed by atoms with van der Waals surface area (Å²) in [6, 6.07) is 13.8. The van der Waals surface area contributed by atoms with E-state index in [0.29, 0.717) is 30.7 Å². The third-order valence-electron chi connectivity index (χ3n) is 5.55. The van der Waals surface area contributed by atoms with E-state index in [2.05, 4.69) is 15.4 Å². The SMILES string of the molecule is NS(=O)(=O)c1ccc(-n2nc(CNC3CCCCC3)nc2Cc2ccccc2)c(F)c1. The number of nitrogens with zero attached hydrogens (tertiary/aromatic N) is 3. The van der Waals surface area contributed by atoms with Gasteiger partial charge in [-0.3, -0.25) is 0 Å². The maximum atomic E-state index is 14.8. The minimum atomic E-state index is -3.99. The van der Waals surface area contributed by atoms with Gasteiger partial charge < -0.3 is 5.32 Å². The molecular formula is C22H26FN5O2S. The Morgan fingerprint density at radius 3 is 2.52 bits per heavy atom. The van der Waals surface area contributed by atoms with Gasteiger partial charge in [0.1, 0.15) is 17.3 Å². The number of halogens is 1. The van der Waals surface area contributed by atoms with Gasteiger partial charge in [0, 0.05) is 12.5 Å². The first kappa shape index (κ1) is 21.6. The van der Waals surface area contributed by atoms with Crippen molar-refractivity contribution in [3.63, 3.8) is 0 Å². The maximum Gasteiger partial charge on any atom is 0.238 e. The number of nitrogens with one attached hydrogen (secondary N) is 1. The molecule has 0 atom stereocenters. The second kappa shape index (κ2) is 9.25. The normalized spacial score (nSPS) is 15.3. The average Bonchev–Trinajstić information content (AvgIpc) is 3.15. The van der Waals surface area contributed by atoms with Crippen molar-refractivity contribution in [1.29, 1.82) is 0 Å². The van der Waals surface area contributed by atoms with Gasteiger partial charge in [-0.2, -0.15) is 0 Å². The molecule has 0 saturated heterocycles. The molecule has 1 aliphatic carbocycles. The number of primary sulfonamides is 1. The molecule has 1 heterocycles. The summed E-state index contributed by atoms with van der Waals surface area (Å²) in [5.41, 5.74) is 1.15. The third kappa shape index (κ3) is 5.36. The monoisotopic (exact) mass is 443 g/mol. The molecule has 4 rings (SSSR count). The third-order valence-corrected chi connectivity index (χ3v) is 6.46. The Hall–Kier alpha value is -2.62. The van der Waals surface area contributed by atoms with E-state index < -0.39 is 15.8 Å². The van der Waals surface area contributed by atoms with Crippen LogP contribution in [0.5, 0.6) is 0 Å². The molecule has 3 aromatic rings. The standard InChI is InChI=1S/C22H26FN5O2S/c23-19-14-18(31(24,29)30)11-12-20(19)28-22(13-16-7-3-1-4-8-16)26-21(27-28)15-25-17-9-5-2-6-10-17/h1,3-4,7-8,11-12,14,17,25H,2,5-6,9-10,13,15H2,(H2,24,29,30). The molecular weight excluding hydrogens is 417 g/mol. The molecule has 9 heteroatoms. The average molecular weight is 444 g/mol. The lowest BCUT2D eigenvalue weighted by molar-refractivity contribution is 0.369. The zero-order valence-corrected chi connectivity index (χ0v) is 18.0. The summed E-state index contributed by atoms with van der Waals surface area (Å²) in [6.07, 6.45) is 6.47. The number of hydrogen-bond donors (Lipinski definition) is 2. The fourth-order valence-electron chi connectivity index (χ4n) is 3.93. The van der Waals surface area contributed by atoms with Gasteiger partial charge in [0.25, 0.3) is 0 Å². The number of nitrogens with two attached hydrogens (primary N) is 1. The van der Waals surface area contributed by atoms with E-state index in [0.717, 1.165) is 24.5 Å². The maximum absolute atomic E-state index is 14.8. The lowest BCUT2D eigenvalue weighted by Gasteiger charge is -2.22. The molecule has 1 fully saturated rings. The second-order valence-corrected chi connectivity index (χ2v) is 9.45. The van der Waals surface area contributed by atoms with Gasteiger partial charge in [0.2, 0.25) is 10.0 Å². The molecule has 31 heavy (non-hydrogen) atoms. The van der Waals surface area contributed by atoms with E-state index in [4.69, 9.17) is 5.14 Å². The van der Waals surface area contributed by atoms with Crippen LogP contribution >= 0.6 is 0 Å². The number of rotatable bonds is 7. The Bertz CT molecular complexity index is 1140. The predicted octanol–water partition coefficient (Wildman–Crippen LogP) is 3.07. The van der Waals surface area contributed by atoms with E-state index in [1.54, 1.807) is 0 Å². The van der Waals surface area contributed by atoms with E-state index in [1.807, 2.05) is 30.3 Å². The summed E-state index contributed by atoms with van der Waals surface area (Å²) in [6.45, 7) is 0.496. The molecule has 164 valence electrons. The number of benzene rings is 2. The minimum absolute atomic E-state index is 0.134. The first-order valence-corrected chi connectivity index (χ1v) is 12.0. The second-order valence-electron chi connectivity index (χ2n) is 7.89. The number of sulfonamides is 1. The van der Waals surface area contributed by atoms with Crippen molar-refractivity contribution in [3.05, 3.63) is 71.6 Å². The van der Waals surface area contributed by atoms with Gasteiger partial charge in [-0.05, 0) is 36.6 Å². The first-order valence-electron chi connectivity index (χ1n) is 10.4. The van der Waals surface area contributed by atoms with Crippen LogP contribution in [0.4, 0.5) is 4.39 Å². The Labute approximate surface area is 181 Å². The zero-order valence-electron chi connectivity index (χ0n) is 17.2. The predicted molar refractivity (Wildman–Crippen MR) is 116 cm³/mol. The van der Waals surface area contributed by atoms with Crippen LogP contribution in [0.3, 0.4) is 0 Å². The van der Waals surface area contributed by atoms with Crippen molar-refractivity contribution in [2.24, 2.45) is 5.14 Å². The summed E-state index contributed by atoms with van der Waals surface area (Å²) < 4.78 is 39.4. The highest BCUT2D eigenvalue weighted by Gasteiger charge is 2.19. The lowest BCUT2D eigenvalue weighted by Crippen LogP contribution is -2.30. The Kier molecular flexibility index (Phi) is 6.45. The molecule has 0 bridgehead atoms. The Balaban J connectivity index is 1.65. The van der Waals surface area contributed by atoms with Gasteiger partial charge in [0.05, 0.1) is 11.4 Å². The Morgan fingerprint density at radius 2 is 1.84 bits per heavy atom. The van der Waals surface area contributed by atoms with Crippen LogP contribution in [0.2, 0.25) is 0 Å². The van der Waals surface area contributed by atoms with Crippen LogP contribution in [-0.4, -0.2) is 29.2 Å². The van der Waals surface area contributed by atoms with Crippen LogP contribution < -0.4 is 10.5 Å². The van der Waals surface area contributed by atoms with Crippen LogP contribution in [0.1, 0.15) is 49.3 Å². The molecule has 2 aromatic carbocycles. The fraction of sp³-hybridized carbons (Fsp3) is 0.364. The van der Waals surface area contributed by atoms with Crippen molar-refractivity contribution in [1.82, 2.24) is 20.1 Å². The highest BCUT2D eigenvalue weighted by molar-refractivity contribution is 7.89. The van der Waals surface area contributed by atoms with Crippen molar-refractivity contribution in [3.8, 4) is 5.69 Å². The van der Waals surface area contributed by atoms with Gasteiger partial charge in [0.15, 0.2) is 5.82 Å². The van der Waals surface area contributed by atoms with E-state index in [-0.39, 0.29) is 10.6 Å².